The molecule has 0 aliphatic rings. The average Bonchev–Trinajstić information content (AvgIpc) is 3.08. The monoisotopic (exact) mass is 269 g/mol. The van der Waals surface area contributed by atoms with Gasteiger partial charge >= 0.3 is 0 Å². The van der Waals surface area contributed by atoms with E-state index in [0.717, 1.165) is 11.3 Å². The zero-order chi connectivity index (χ0) is 13.9. The van der Waals surface area contributed by atoms with Crippen molar-refractivity contribution in [3.05, 3.63) is 54.3 Å². The van der Waals surface area contributed by atoms with E-state index in [2.05, 4.69) is 15.1 Å². The Hall–Kier alpha value is -2.47. The van der Waals surface area contributed by atoms with Crippen molar-refractivity contribution in [1.82, 2.24) is 19.7 Å². The summed E-state index contributed by atoms with van der Waals surface area (Å²) in [5.41, 5.74) is 8.05. The highest BCUT2D eigenvalue weighted by molar-refractivity contribution is 5.47. The van der Waals surface area contributed by atoms with Crippen molar-refractivity contribution < 1.29 is 4.52 Å². The Kier molecular flexibility index (Phi) is 3.30. The fraction of sp³-hybridized carbons (Fsp3) is 0.214. The second-order valence-electron chi connectivity index (χ2n) is 4.64. The Morgan fingerprint density at radius 2 is 2.10 bits per heavy atom. The maximum Gasteiger partial charge on any atom is 0.244 e. The van der Waals surface area contributed by atoms with Gasteiger partial charge in [0.25, 0.3) is 0 Å². The standard InChI is InChI=1S/C14H15N5O/c1-19-9-16-8-12(19)13-17-14(20-18-13)11(15)7-10-5-3-2-4-6-10/h2-6,8-9,11H,7,15H2,1H3/t11-/m1/s1. The number of benzene rings is 1. The lowest BCUT2D eigenvalue weighted by Gasteiger charge is -2.05. The third-order valence-electron chi connectivity index (χ3n) is 3.10. The molecule has 0 saturated heterocycles. The number of aryl methyl sites for hydroxylation is 1. The van der Waals surface area contributed by atoms with Crippen molar-refractivity contribution in [3.63, 3.8) is 0 Å². The minimum atomic E-state index is -0.313. The van der Waals surface area contributed by atoms with Gasteiger partial charge in [-0.05, 0) is 12.0 Å². The Morgan fingerprint density at radius 3 is 2.80 bits per heavy atom. The van der Waals surface area contributed by atoms with Gasteiger partial charge < -0.3 is 14.8 Å². The lowest BCUT2D eigenvalue weighted by molar-refractivity contribution is 0.354. The van der Waals surface area contributed by atoms with Gasteiger partial charge in [0, 0.05) is 7.05 Å². The summed E-state index contributed by atoms with van der Waals surface area (Å²) in [6, 6.07) is 9.68. The fourth-order valence-corrected chi connectivity index (χ4v) is 2.02. The van der Waals surface area contributed by atoms with Crippen LogP contribution in [-0.4, -0.2) is 19.7 Å². The van der Waals surface area contributed by atoms with Crippen LogP contribution in [0.5, 0.6) is 0 Å². The van der Waals surface area contributed by atoms with Gasteiger partial charge in [0.05, 0.1) is 18.6 Å². The van der Waals surface area contributed by atoms with E-state index >= 15 is 0 Å². The molecule has 0 bridgehead atoms. The van der Waals surface area contributed by atoms with E-state index in [0.29, 0.717) is 18.1 Å². The summed E-state index contributed by atoms with van der Waals surface area (Å²) in [5.74, 6) is 0.938. The minimum absolute atomic E-state index is 0.313. The van der Waals surface area contributed by atoms with Crippen molar-refractivity contribution >= 4 is 0 Å². The first-order chi connectivity index (χ1) is 9.74. The number of imidazole rings is 1. The van der Waals surface area contributed by atoms with Crippen LogP contribution < -0.4 is 5.73 Å². The molecule has 0 radical (unpaired) electrons. The van der Waals surface area contributed by atoms with E-state index in [1.807, 2.05) is 41.9 Å². The molecule has 20 heavy (non-hydrogen) atoms. The Balaban J connectivity index is 1.78. The Labute approximate surface area is 116 Å². The second-order valence-corrected chi connectivity index (χ2v) is 4.64. The molecule has 1 aromatic carbocycles. The SMILES string of the molecule is Cn1cncc1-c1noc([C@H](N)Cc2ccccc2)n1. The molecule has 0 unspecified atom stereocenters. The number of rotatable bonds is 4. The van der Waals surface area contributed by atoms with Crippen LogP contribution in [0.4, 0.5) is 0 Å². The van der Waals surface area contributed by atoms with E-state index in [4.69, 9.17) is 10.3 Å². The van der Waals surface area contributed by atoms with Gasteiger partial charge in [-0.15, -0.1) is 0 Å². The van der Waals surface area contributed by atoms with Crippen LogP contribution in [0.25, 0.3) is 11.5 Å². The predicted octanol–water partition coefficient (Wildman–Crippen LogP) is 1.71. The summed E-state index contributed by atoms with van der Waals surface area (Å²) in [7, 11) is 1.88. The third kappa shape index (κ3) is 2.46. The Bertz CT molecular complexity index is 688. The van der Waals surface area contributed by atoms with Gasteiger partial charge in [0.2, 0.25) is 11.7 Å². The van der Waals surface area contributed by atoms with Gasteiger partial charge in [-0.1, -0.05) is 35.5 Å². The zero-order valence-corrected chi connectivity index (χ0v) is 11.1. The van der Waals surface area contributed by atoms with Crippen molar-refractivity contribution in [1.29, 1.82) is 0 Å². The molecule has 6 heteroatoms. The topological polar surface area (TPSA) is 82.8 Å². The highest BCUT2D eigenvalue weighted by Crippen LogP contribution is 2.19. The molecule has 2 heterocycles. The first kappa shape index (κ1) is 12.6. The van der Waals surface area contributed by atoms with Crippen LogP contribution in [0.1, 0.15) is 17.5 Å². The molecule has 2 N–H and O–H groups in total. The molecule has 0 saturated carbocycles. The van der Waals surface area contributed by atoms with Gasteiger partial charge in [-0.25, -0.2) is 4.98 Å². The highest BCUT2D eigenvalue weighted by Gasteiger charge is 2.17. The van der Waals surface area contributed by atoms with Crippen LogP contribution >= 0.6 is 0 Å². The summed E-state index contributed by atoms with van der Waals surface area (Å²) in [6.07, 6.45) is 4.04. The molecule has 0 amide bonds. The van der Waals surface area contributed by atoms with E-state index in [1.165, 1.54) is 0 Å². The maximum absolute atomic E-state index is 6.11. The quantitative estimate of drug-likeness (QED) is 0.779. The molecule has 3 rings (SSSR count). The van der Waals surface area contributed by atoms with Crippen molar-refractivity contribution in [2.75, 3.05) is 0 Å². The molecule has 0 aliphatic carbocycles. The fourth-order valence-electron chi connectivity index (χ4n) is 2.02. The second kappa shape index (κ2) is 5.26. The molecule has 3 aromatic rings. The first-order valence-electron chi connectivity index (χ1n) is 6.34. The summed E-state index contributed by atoms with van der Waals surface area (Å²) in [5, 5.41) is 3.96. The first-order valence-corrected chi connectivity index (χ1v) is 6.34. The summed E-state index contributed by atoms with van der Waals surface area (Å²) in [4.78, 5) is 8.38. The van der Waals surface area contributed by atoms with Crippen molar-refractivity contribution in [2.45, 2.75) is 12.5 Å². The zero-order valence-electron chi connectivity index (χ0n) is 11.1. The normalized spacial score (nSPS) is 12.5. The minimum Gasteiger partial charge on any atom is -0.337 e. The summed E-state index contributed by atoms with van der Waals surface area (Å²) >= 11 is 0. The van der Waals surface area contributed by atoms with Crippen molar-refractivity contribution in [2.24, 2.45) is 12.8 Å². The number of hydrogen-bond acceptors (Lipinski definition) is 5. The largest absolute Gasteiger partial charge is 0.337 e. The van der Waals surface area contributed by atoms with Gasteiger partial charge in [-0.3, -0.25) is 0 Å². The molecule has 6 nitrogen and oxygen atoms in total. The molecule has 2 aromatic heterocycles. The van der Waals surface area contributed by atoms with E-state index in [1.54, 1.807) is 12.5 Å². The van der Waals surface area contributed by atoms with Crippen LogP contribution in [0.3, 0.4) is 0 Å². The number of aromatic nitrogens is 4. The molecule has 0 aliphatic heterocycles. The van der Waals surface area contributed by atoms with Crippen LogP contribution in [0.15, 0.2) is 47.4 Å². The average molecular weight is 269 g/mol. The van der Waals surface area contributed by atoms with E-state index in [-0.39, 0.29) is 6.04 Å². The van der Waals surface area contributed by atoms with E-state index in [9.17, 15) is 0 Å². The van der Waals surface area contributed by atoms with Crippen LogP contribution in [0.2, 0.25) is 0 Å². The maximum atomic E-state index is 6.11. The molecular weight excluding hydrogens is 254 g/mol. The highest BCUT2D eigenvalue weighted by atomic mass is 16.5. The van der Waals surface area contributed by atoms with Crippen LogP contribution in [-0.2, 0) is 13.5 Å². The molecule has 0 fully saturated rings. The van der Waals surface area contributed by atoms with Gasteiger partial charge in [0.1, 0.15) is 5.69 Å². The number of nitrogens with two attached hydrogens (primary N) is 1. The number of hydrogen-bond donors (Lipinski definition) is 1. The van der Waals surface area contributed by atoms with E-state index < -0.39 is 0 Å². The molecule has 102 valence electrons. The third-order valence-corrected chi connectivity index (χ3v) is 3.10. The molecule has 1 atom stereocenters. The lowest BCUT2D eigenvalue weighted by atomic mass is 10.1. The van der Waals surface area contributed by atoms with Gasteiger partial charge in [-0.2, -0.15) is 4.98 Å². The van der Waals surface area contributed by atoms with Crippen LogP contribution in [0, 0.1) is 0 Å². The van der Waals surface area contributed by atoms with Crippen molar-refractivity contribution in [3.8, 4) is 11.5 Å². The van der Waals surface area contributed by atoms with Gasteiger partial charge in [0.15, 0.2) is 0 Å². The lowest BCUT2D eigenvalue weighted by Crippen LogP contribution is -2.13. The smallest absolute Gasteiger partial charge is 0.244 e. The summed E-state index contributed by atoms with van der Waals surface area (Å²) in [6.45, 7) is 0. The summed E-state index contributed by atoms with van der Waals surface area (Å²) < 4.78 is 7.08. The Morgan fingerprint density at radius 1 is 1.30 bits per heavy atom. The number of nitrogens with zero attached hydrogens (tertiary/aromatic N) is 4. The predicted molar refractivity (Wildman–Crippen MR) is 73.6 cm³/mol. The molecule has 0 spiro atoms. The molecular formula is C14H15N5O.